The second-order valence-electron chi connectivity index (χ2n) is 7.82. The third-order valence-electron chi connectivity index (χ3n) is 5.69. The molecule has 1 aromatic heterocycles. The third-order valence-corrected chi connectivity index (χ3v) is 6.83. The molecule has 0 saturated carbocycles. The van der Waals surface area contributed by atoms with Gasteiger partial charge in [0.1, 0.15) is 0 Å². The second-order valence-corrected chi connectivity index (χ2v) is 8.90. The lowest BCUT2D eigenvalue weighted by molar-refractivity contribution is 0.0965. The van der Waals surface area contributed by atoms with E-state index in [-0.39, 0.29) is 0 Å². The highest BCUT2D eigenvalue weighted by molar-refractivity contribution is 7.20. The summed E-state index contributed by atoms with van der Waals surface area (Å²) in [6.45, 7) is 5.45. The summed E-state index contributed by atoms with van der Waals surface area (Å²) in [5, 5.41) is 1.20. The number of fused-ring (bicyclic) bond motifs is 1. The number of thiophene rings is 1. The summed E-state index contributed by atoms with van der Waals surface area (Å²) in [4.78, 5) is 16.1. The van der Waals surface area contributed by atoms with E-state index < -0.39 is 0 Å². The molecule has 1 aliphatic heterocycles. The summed E-state index contributed by atoms with van der Waals surface area (Å²) in [6, 6.07) is 19.2. The van der Waals surface area contributed by atoms with Crippen LogP contribution < -0.4 is 0 Å². The Morgan fingerprint density at radius 2 is 1.85 bits per heavy atom. The number of carbonyl (C=O) groups is 1. The van der Waals surface area contributed by atoms with Crippen LogP contribution in [0.3, 0.4) is 0 Å². The Morgan fingerprint density at radius 1 is 1.07 bits per heavy atom. The number of aryl methyl sites for hydroxylation is 1. The third kappa shape index (κ3) is 4.66. The SMILES string of the molecule is Cc1ccc2cc(C(=O)CCC3CCN(Cc4ccccc4)CC3)sc2c1. The number of hydrogen-bond acceptors (Lipinski definition) is 3. The maximum Gasteiger partial charge on any atom is 0.172 e. The summed E-state index contributed by atoms with van der Waals surface area (Å²) >= 11 is 1.65. The molecular weight excluding hydrogens is 350 g/mol. The molecule has 140 valence electrons. The van der Waals surface area contributed by atoms with Gasteiger partial charge in [0.15, 0.2) is 5.78 Å². The molecule has 0 amide bonds. The van der Waals surface area contributed by atoms with Gasteiger partial charge in [0, 0.05) is 17.7 Å². The van der Waals surface area contributed by atoms with E-state index in [1.54, 1.807) is 11.3 Å². The molecule has 3 aromatic rings. The molecule has 0 N–H and O–H groups in total. The van der Waals surface area contributed by atoms with Gasteiger partial charge in [0.2, 0.25) is 0 Å². The lowest BCUT2D eigenvalue weighted by Gasteiger charge is -2.31. The van der Waals surface area contributed by atoms with Crippen molar-refractivity contribution in [2.24, 2.45) is 5.92 Å². The topological polar surface area (TPSA) is 20.3 Å². The Kier molecular flexibility index (Phi) is 5.70. The molecule has 3 heteroatoms. The Hall–Kier alpha value is -1.97. The molecule has 2 nitrogen and oxygen atoms in total. The average molecular weight is 378 g/mol. The molecule has 2 heterocycles. The van der Waals surface area contributed by atoms with E-state index in [0.29, 0.717) is 18.1 Å². The number of piperidine rings is 1. The van der Waals surface area contributed by atoms with Gasteiger partial charge >= 0.3 is 0 Å². The smallest absolute Gasteiger partial charge is 0.172 e. The lowest BCUT2D eigenvalue weighted by Crippen LogP contribution is -2.33. The van der Waals surface area contributed by atoms with Gasteiger partial charge in [-0.2, -0.15) is 0 Å². The number of hydrogen-bond donors (Lipinski definition) is 0. The van der Waals surface area contributed by atoms with E-state index in [0.717, 1.165) is 30.9 Å². The van der Waals surface area contributed by atoms with Gasteiger partial charge in [0.05, 0.1) is 4.88 Å². The quantitative estimate of drug-likeness (QED) is 0.485. The molecular formula is C24H27NOS. The van der Waals surface area contributed by atoms with Crippen molar-refractivity contribution >= 4 is 27.2 Å². The zero-order chi connectivity index (χ0) is 18.6. The lowest BCUT2D eigenvalue weighted by atomic mass is 9.91. The molecule has 1 saturated heterocycles. The molecule has 1 aliphatic rings. The van der Waals surface area contributed by atoms with Crippen molar-refractivity contribution < 1.29 is 4.79 Å². The number of nitrogens with zero attached hydrogens (tertiary/aromatic N) is 1. The summed E-state index contributed by atoms with van der Waals surface area (Å²) in [5.74, 6) is 1.01. The van der Waals surface area contributed by atoms with Crippen LogP contribution >= 0.6 is 11.3 Å². The maximum absolute atomic E-state index is 12.6. The predicted octanol–water partition coefficient (Wildman–Crippen LogP) is 6.08. The largest absolute Gasteiger partial charge is 0.299 e. The molecule has 0 spiro atoms. The molecule has 0 unspecified atom stereocenters. The monoisotopic (exact) mass is 377 g/mol. The average Bonchev–Trinajstić information content (AvgIpc) is 3.11. The molecule has 0 bridgehead atoms. The first-order valence-corrected chi connectivity index (χ1v) is 10.8. The summed E-state index contributed by atoms with van der Waals surface area (Å²) in [7, 11) is 0. The Labute approximate surface area is 165 Å². The van der Waals surface area contributed by atoms with Crippen molar-refractivity contribution in [1.29, 1.82) is 0 Å². The van der Waals surface area contributed by atoms with E-state index in [9.17, 15) is 4.79 Å². The van der Waals surface area contributed by atoms with Gasteiger partial charge in [-0.05, 0) is 73.8 Å². The van der Waals surface area contributed by atoms with Crippen molar-refractivity contribution in [3.8, 4) is 0 Å². The standard InChI is InChI=1S/C24H27NOS/c1-18-7-9-21-16-24(27-23(21)15-18)22(26)10-8-19-11-13-25(14-12-19)17-20-5-3-2-4-6-20/h2-7,9,15-16,19H,8,10-14,17H2,1H3. The van der Waals surface area contributed by atoms with E-state index in [1.165, 1.54) is 34.1 Å². The number of carbonyl (C=O) groups excluding carboxylic acids is 1. The zero-order valence-electron chi connectivity index (χ0n) is 16.0. The minimum absolute atomic E-state index is 0.320. The zero-order valence-corrected chi connectivity index (χ0v) is 16.8. The van der Waals surface area contributed by atoms with Crippen LogP contribution in [0.25, 0.3) is 10.1 Å². The van der Waals surface area contributed by atoms with Gasteiger partial charge < -0.3 is 0 Å². The van der Waals surface area contributed by atoms with Crippen molar-refractivity contribution in [3.63, 3.8) is 0 Å². The second kappa shape index (κ2) is 8.37. The van der Waals surface area contributed by atoms with E-state index in [2.05, 4.69) is 66.4 Å². The number of benzene rings is 2. The van der Waals surface area contributed by atoms with E-state index in [4.69, 9.17) is 0 Å². The molecule has 0 aliphatic carbocycles. The normalized spacial score (nSPS) is 16.0. The maximum atomic E-state index is 12.6. The number of likely N-dealkylation sites (tertiary alicyclic amines) is 1. The summed E-state index contributed by atoms with van der Waals surface area (Å²) < 4.78 is 1.23. The Bertz CT molecular complexity index is 907. The van der Waals surface area contributed by atoms with Gasteiger partial charge in [-0.3, -0.25) is 9.69 Å². The van der Waals surface area contributed by atoms with Crippen LogP contribution in [0.4, 0.5) is 0 Å². The minimum atomic E-state index is 0.320. The fourth-order valence-corrected chi connectivity index (χ4v) is 5.14. The molecule has 0 atom stereocenters. The fraction of sp³-hybridized carbons (Fsp3) is 0.375. The van der Waals surface area contributed by atoms with Crippen LogP contribution in [-0.4, -0.2) is 23.8 Å². The van der Waals surface area contributed by atoms with Crippen molar-refractivity contribution in [3.05, 3.63) is 70.6 Å². The van der Waals surface area contributed by atoms with Crippen molar-refractivity contribution in [2.45, 2.75) is 39.2 Å². The first-order valence-electron chi connectivity index (χ1n) is 9.97. The van der Waals surface area contributed by atoms with Crippen LogP contribution in [0.5, 0.6) is 0 Å². The summed E-state index contributed by atoms with van der Waals surface area (Å²) in [5.41, 5.74) is 2.65. The molecule has 27 heavy (non-hydrogen) atoms. The summed E-state index contributed by atoms with van der Waals surface area (Å²) in [6.07, 6.45) is 4.15. The van der Waals surface area contributed by atoms with Gasteiger partial charge in [-0.15, -0.1) is 11.3 Å². The number of ketones is 1. The predicted molar refractivity (Wildman–Crippen MR) is 115 cm³/mol. The minimum Gasteiger partial charge on any atom is -0.299 e. The number of Topliss-reactive ketones (excluding diaryl/α,β-unsaturated/α-hetero) is 1. The van der Waals surface area contributed by atoms with E-state index in [1.807, 2.05) is 0 Å². The number of rotatable bonds is 6. The van der Waals surface area contributed by atoms with Crippen LogP contribution in [0.15, 0.2) is 54.6 Å². The molecule has 1 fully saturated rings. The first-order chi connectivity index (χ1) is 13.2. The molecule has 0 radical (unpaired) electrons. The van der Waals surface area contributed by atoms with Gasteiger partial charge in [-0.25, -0.2) is 0 Å². The highest BCUT2D eigenvalue weighted by atomic mass is 32.1. The van der Waals surface area contributed by atoms with Crippen molar-refractivity contribution in [1.82, 2.24) is 4.90 Å². The highest BCUT2D eigenvalue weighted by Gasteiger charge is 2.20. The highest BCUT2D eigenvalue weighted by Crippen LogP contribution is 2.29. The first kappa shape index (κ1) is 18.4. The van der Waals surface area contributed by atoms with Crippen LogP contribution in [0, 0.1) is 12.8 Å². The molecule has 2 aromatic carbocycles. The van der Waals surface area contributed by atoms with E-state index >= 15 is 0 Å². The van der Waals surface area contributed by atoms with Crippen LogP contribution in [0.2, 0.25) is 0 Å². The fourth-order valence-electron chi connectivity index (χ4n) is 4.01. The van der Waals surface area contributed by atoms with Crippen molar-refractivity contribution in [2.75, 3.05) is 13.1 Å². The molecule has 4 rings (SSSR count). The Balaban J connectivity index is 1.26. The van der Waals surface area contributed by atoms with Crippen LogP contribution in [0.1, 0.15) is 46.5 Å². The Morgan fingerprint density at radius 3 is 2.63 bits per heavy atom. The van der Waals surface area contributed by atoms with Crippen LogP contribution in [-0.2, 0) is 6.54 Å². The van der Waals surface area contributed by atoms with Gasteiger partial charge in [-0.1, -0.05) is 42.5 Å². The van der Waals surface area contributed by atoms with Gasteiger partial charge in [0.25, 0.3) is 0 Å².